The molecule has 0 bridgehead atoms. The smallest absolute Gasteiger partial charge is 0.322 e. The number of amides is 3. The number of benzene rings is 2. The Labute approximate surface area is 150 Å². The van der Waals surface area contributed by atoms with Crippen LogP contribution in [0.3, 0.4) is 0 Å². The van der Waals surface area contributed by atoms with E-state index in [0.717, 1.165) is 28.3 Å². The molecule has 4 nitrogen and oxygen atoms in total. The predicted octanol–water partition coefficient (Wildman–Crippen LogP) is 4.15. The quantitative estimate of drug-likeness (QED) is 0.872. The lowest BCUT2D eigenvalue weighted by Gasteiger charge is -2.17. The average molecular weight is 348 g/mol. The van der Waals surface area contributed by atoms with Crippen molar-refractivity contribution < 1.29 is 14.0 Å². The maximum Gasteiger partial charge on any atom is 0.322 e. The highest BCUT2D eigenvalue weighted by Crippen LogP contribution is 2.41. The summed E-state index contributed by atoms with van der Waals surface area (Å²) in [5.41, 5.74) is 3.30. The van der Waals surface area contributed by atoms with Gasteiger partial charge in [0.2, 0.25) is 0 Å². The van der Waals surface area contributed by atoms with Crippen molar-refractivity contribution in [2.45, 2.75) is 6.04 Å². The number of rotatable bonds is 4. The summed E-state index contributed by atoms with van der Waals surface area (Å²) in [5.74, 6) is -1.50. The molecule has 2 aromatic carbocycles. The zero-order valence-corrected chi connectivity index (χ0v) is 14.0. The summed E-state index contributed by atoms with van der Waals surface area (Å²) < 4.78 is 13.7. The van der Waals surface area contributed by atoms with Gasteiger partial charge in [0.05, 0.1) is 11.6 Å². The fourth-order valence-corrected chi connectivity index (χ4v) is 3.07. The van der Waals surface area contributed by atoms with Crippen LogP contribution in [0.5, 0.6) is 0 Å². The summed E-state index contributed by atoms with van der Waals surface area (Å²) in [6.07, 6.45) is 3.36. The van der Waals surface area contributed by atoms with Crippen LogP contribution >= 0.6 is 0 Å². The number of imide groups is 1. The molecule has 0 heterocycles. The third kappa shape index (κ3) is 3.07. The van der Waals surface area contributed by atoms with Crippen molar-refractivity contribution in [2.24, 2.45) is 0 Å². The van der Waals surface area contributed by atoms with E-state index in [-0.39, 0.29) is 5.56 Å². The third-order valence-electron chi connectivity index (χ3n) is 4.23. The summed E-state index contributed by atoms with van der Waals surface area (Å²) in [4.78, 5) is 24.4. The second-order valence-electron chi connectivity index (χ2n) is 5.70. The Morgan fingerprint density at radius 3 is 2.38 bits per heavy atom. The first-order valence-electron chi connectivity index (χ1n) is 8.01. The monoisotopic (exact) mass is 348 g/mol. The number of fused-ring (bicyclic) bond motifs is 1. The van der Waals surface area contributed by atoms with Gasteiger partial charge >= 0.3 is 6.03 Å². The van der Waals surface area contributed by atoms with E-state index >= 15 is 0 Å². The number of urea groups is 1. The Balaban J connectivity index is 1.82. The maximum absolute atomic E-state index is 13.7. The van der Waals surface area contributed by atoms with Gasteiger partial charge in [0.25, 0.3) is 5.91 Å². The van der Waals surface area contributed by atoms with E-state index in [1.807, 2.05) is 24.3 Å². The molecule has 3 rings (SSSR count). The molecule has 5 heteroatoms. The molecule has 1 unspecified atom stereocenters. The second-order valence-corrected chi connectivity index (χ2v) is 5.70. The summed E-state index contributed by atoms with van der Waals surface area (Å²) in [7, 11) is 0. The Morgan fingerprint density at radius 1 is 1.00 bits per heavy atom. The zero-order chi connectivity index (χ0) is 18.7. The van der Waals surface area contributed by atoms with Crippen LogP contribution < -0.4 is 10.6 Å². The van der Waals surface area contributed by atoms with Gasteiger partial charge in [-0.2, -0.15) is 0 Å². The van der Waals surface area contributed by atoms with Crippen LogP contribution in [0, 0.1) is 5.82 Å². The van der Waals surface area contributed by atoms with Gasteiger partial charge in [-0.05, 0) is 34.4 Å². The van der Waals surface area contributed by atoms with E-state index in [4.69, 9.17) is 0 Å². The molecule has 0 spiro atoms. The predicted molar refractivity (Wildman–Crippen MR) is 98.9 cm³/mol. The summed E-state index contributed by atoms with van der Waals surface area (Å²) in [6.45, 7) is 7.63. The molecule has 0 aliphatic heterocycles. The molecule has 1 atom stereocenters. The van der Waals surface area contributed by atoms with E-state index < -0.39 is 23.8 Å². The van der Waals surface area contributed by atoms with Gasteiger partial charge in [-0.3, -0.25) is 10.1 Å². The summed E-state index contributed by atoms with van der Waals surface area (Å²) >= 11 is 0. The molecule has 3 amide bonds. The molecule has 2 aromatic rings. The molecule has 0 saturated carbocycles. The molecular formula is C21H17FN2O2. The molecule has 1 aliphatic carbocycles. The van der Waals surface area contributed by atoms with Gasteiger partial charge in [0, 0.05) is 0 Å². The van der Waals surface area contributed by atoms with E-state index in [1.54, 1.807) is 12.2 Å². The van der Waals surface area contributed by atoms with Crippen LogP contribution in [0.25, 0.3) is 5.57 Å². The lowest BCUT2D eigenvalue weighted by molar-refractivity contribution is 0.0959. The first-order valence-corrected chi connectivity index (χ1v) is 8.01. The Hall–Kier alpha value is -3.47. The lowest BCUT2D eigenvalue weighted by Crippen LogP contribution is -2.41. The van der Waals surface area contributed by atoms with Crippen molar-refractivity contribution in [3.05, 3.63) is 102 Å². The topological polar surface area (TPSA) is 58.2 Å². The average Bonchev–Trinajstić information content (AvgIpc) is 2.94. The highest BCUT2D eigenvalue weighted by atomic mass is 19.1. The molecule has 26 heavy (non-hydrogen) atoms. The molecule has 0 radical (unpaired) electrons. The largest absolute Gasteiger partial charge is 0.327 e. The van der Waals surface area contributed by atoms with Crippen LogP contribution in [-0.4, -0.2) is 11.9 Å². The van der Waals surface area contributed by atoms with Crippen LogP contribution in [0.4, 0.5) is 9.18 Å². The molecule has 0 fully saturated rings. The fourth-order valence-electron chi connectivity index (χ4n) is 3.07. The minimum atomic E-state index is -0.806. The van der Waals surface area contributed by atoms with Crippen LogP contribution in [0.15, 0.2) is 79.4 Å². The minimum Gasteiger partial charge on any atom is -0.327 e. The molecule has 0 saturated heterocycles. The summed E-state index contributed by atoms with van der Waals surface area (Å²) in [5, 5.41) is 4.91. The first kappa shape index (κ1) is 17.4. The van der Waals surface area contributed by atoms with Crippen molar-refractivity contribution >= 4 is 17.5 Å². The van der Waals surface area contributed by atoms with E-state index in [2.05, 4.69) is 23.8 Å². The van der Waals surface area contributed by atoms with Gasteiger partial charge in [-0.15, -0.1) is 0 Å². The highest BCUT2D eigenvalue weighted by molar-refractivity contribution is 6.04. The van der Waals surface area contributed by atoms with Crippen LogP contribution in [0.1, 0.15) is 27.5 Å². The van der Waals surface area contributed by atoms with Crippen molar-refractivity contribution in [1.29, 1.82) is 0 Å². The number of carbonyl (C=O) groups is 2. The number of halogens is 1. The van der Waals surface area contributed by atoms with Gasteiger partial charge in [-0.1, -0.05) is 61.7 Å². The highest BCUT2D eigenvalue weighted by Gasteiger charge is 2.29. The van der Waals surface area contributed by atoms with Crippen molar-refractivity contribution in [3.8, 4) is 0 Å². The van der Waals surface area contributed by atoms with Crippen molar-refractivity contribution in [2.75, 3.05) is 0 Å². The molecule has 2 N–H and O–H groups in total. The van der Waals surface area contributed by atoms with Gasteiger partial charge in [0.15, 0.2) is 0 Å². The Bertz CT molecular complexity index is 947. The zero-order valence-electron chi connectivity index (χ0n) is 14.0. The number of hydrogen-bond donors (Lipinski definition) is 2. The molecule has 130 valence electrons. The third-order valence-corrected chi connectivity index (χ3v) is 4.23. The SMILES string of the molecule is C=CC1=C(C=C)C(NC(=O)NC(=O)c2ccccc2F)c2ccccc21. The van der Waals surface area contributed by atoms with E-state index in [1.165, 1.54) is 18.2 Å². The second kappa shape index (κ2) is 7.19. The standard InChI is InChI=1S/C21H17FN2O2/c1-3-13-14(4-2)19(16-10-6-5-9-15(13)16)23-21(26)24-20(25)17-11-7-8-12-18(17)22/h3-12,19H,1-2H2,(H2,23,24,25,26). The normalized spacial score (nSPS) is 15.2. The fraction of sp³-hybridized carbons (Fsp3) is 0.0476. The van der Waals surface area contributed by atoms with Gasteiger partial charge in [-0.25, -0.2) is 9.18 Å². The van der Waals surface area contributed by atoms with E-state index in [0.29, 0.717) is 0 Å². The maximum atomic E-state index is 13.7. The Morgan fingerprint density at radius 2 is 1.69 bits per heavy atom. The lowest BCUT2D eigenvalue weighted by atomic mass is 10.0. The first-order chi connectivity index (χ1) is 12.6. The van der Waals surface area contributed by atoms with Crippen LogP contribution in [-0.2, 0) is 0 Å². The van der Waals surface area contributed by atoms with Crippen molar-refractivity contribution in [1.82, 2.24) is 10.6 Å². The van der Waals surface area contributed by atoms with Gasteiger partial charge in [0.1, 0.15) is 5.82 Å². The molecule has 0 aromatic heterocycles. The number of allylic oxidation sites excluding steroid dienone is 2. The molecular weight excluding hydrogens is 331 g/mol. The van der Waals surface area contributed by atoms with Crippen LogP contribution in [0.2, 0.25) is 0 Å². The minimum absolute atomic E-state index is 0.194. The number of nitrogens with one attached hydrogen (secondary N) is 2. The number of carbonyl (C=O) groups excluding carboxylic acids is 2. The van der Waals surface area contributed by atoms with E-state index in [9.17, 15) is 14.0 Å². The Kier molecular flexibility index (Phi) is 4.80. The summed E-state index contributed by atoms with van der Waals surface area (Å²) in [6, 6.07) is 11.9. The van der Waals surface area contributed by atoms with Crippen molar-refractivity contribution in [3.63, 3.8) is 0 Å². The molecule has 1 aliphatic rings. The van der Waals surface area contributed by atoms with Gasteiger partial charge < -0.3 is 5.32 Å². The number of hydrogen-bond acceptors (Lipinski definition) is 2.